The first-order valence-corrected chi connectivity index (χ1v) is 7.31. The van der Waals surface area contributed by atoms with Crippen molar-refractivity contribution in [3.05, 3.63) is 13.1 Å². The van der Waals surface area contributed by atoms with Crippen LogP contribution in [0.15, 0.2) is 9.37 Å². The largest absolute Gasteiger partial charge is 0.244 e. The van der Waals surface area contributed by atoms with Crippen molar-refractivity contribution in [1.82, 2.24) is 4.72 Å². The van der Waals surface area contributed by atoms with Gasteiger partial charge in [0.25, 0.3) is 0 Å². The van der Waals surface area contributed by atoms with Crippen LogP contribution in [0.2, 0.25) is 8.67 Å². The molecule has 0 radical (unpaired) electrons. The Kier molecular flexibility index (Phi) is 4.47. The first-order chi connectivity index (χ1) is 6.90. The van der Waals surface area contributed by atoms with E-state index >= 15 is 0 Å². The second-order valence-electron chi connectivity index (χ2n) is 2.32. The maximum absolute atomic E-state index is 11.7. The lowest BCUT2D eigenvalue weighted by Crippen LogP contribution is -2.24. The predicted octanol–water partition coefficient (Wildman–Crippen LogP) is 2.73. The summed E-state index contributed by atoms with van der Waals surface area (Å²) >= 11 is 15.5. The molecule has 0 aliphatic rings. The maximum Gasteiger partial charge on any atom is 0.244 e. The number of hydrogen-bond acceptors (Lipinski definition) is 3. The number of thiophene rings is 1. The van der Waals surface area contributed by atoms with E-state index in [0.29, 0.717) is 0 Å². The molecular weight excluding hydrogens is 345 g/mol. The normalized spacial score (nSPS) is 11.3. The van der Waals surface area contributed by atoms with Crippen LogP contribution < -0.4 is 4.72 Å². The van der Waals surface area contributed by atoms with Gasteiger partial charge in [0.05, 0.1) is 11.0 Å². The van der Waals surface area contributed by atoms with Crippen LogP contribution in [0.3, 0.4) is 0 Å². The third kappa shape index (κ3) is 2.87. The van der Waals surface area contributed by atoms with Gasteiger partial charge in [0.1, 0.15) is 13.6 Å². The summed E-state index contributed by atoms with van der Waals surface area (Å²) < 4.78 is 26.2. The van der Waals surface area contributed by atoms with Gasteiger partial charge < -0.3 is 0 Å². The van der Waals surface area contributed by atoms with Crippen molar-refractivity contribution in [3.63, 3.8) is 0 Å². The number of nitrogens with one attached hydrogen (secondary N) is 1. The summed E-state index contributed by atoms with van der Waals surface area (Å²) in [4.78, 5) is -0.0746. The Morgan fingerprint density at radius 3 is 2.47 bits per heavy atom. The van der Waals surface area contributed by atoms with E-state index in [-0.39, 0.29) is 24.6 Å². The van der Waals surface area contributed by atoms with Gasteiger partial charge in [0.2, 0.25) is 10.0 Å². The fourth-order valence-electron chi connectivity index (χ4n) is 0.778. The Morgan fingerprint density at radius 2 is 2.07 bits per heavy atom. The zero-order chi connectivity index (χ0) is 11.6. The van der Waals surface area contributed by atoms with Gasteiger partial charge in [-0.15, -0.1) is 17.8 Å². The van der Waals surface area contributed by atoms with Gasteiger partial charge in [-0.05, 0) is 15.9 Å². The van der Waals surface area contributed by atoms with Crippen LogP contribution in [-0.2, 0) is 10.0 Å². The van der Waals surface area contributed by atoms with Crippen molar-refractivity contribution in [2.45, 2.75) is 4.90 Å². The summed E-state index contributed by atoms with van der Waals surface area (Å²) in [7, 11) is -3.71. The first kappa shape index (κ1) is 13.3. The van der Waals surface area contributed by atoms with Crippen molar-refractivity contribution in [3.8, 4) is 12.3 Å². The second-order valence-corrected chi connectivity index (χ2v) is 7.04. The van der Waals surface area contributed by atoms with Crippen molar-refractivity contribution < 1.29 is 8.42 Å². The molecule has 0 fully saturated rings. The van der Waals surface area contributed by atoms with Crippen molar-refractivity contribution >= 4 is 60.5 Å². The molecule has 0 aromatic carbocycles. The fourth-order valence-corrected chi connectivity index (χ4v) is 5.26. The molecule has 82 valence electrons. The summed E-state index contributed by atoms with van der Waals surface area (Å²) in [6.45, 7) is -0.0986. The number of hydrogen-bond donors (Lipinski definition) is 1. The zero-order valence-electron chi connectivity index (χ0n) is 7.05. The molecule has 0 atom stereocenters. The van der Waals surface area contributed by atoms with E-state index in [9.17, 15) is 8.42 Å². The van der Waals surface area contributed by atoms with Crippen LogP contribution in [0.4, 0.5) is 0 Å². The summed E-state index contributed by atoms with van der Waals surface area (Å²) in [5.41, 5.74) is 0. The van der Waals surface area contributed by atoms with E-state index in [2.05, 4.69) is 26.6 Å². The third-order valence-corrected chi connectivity index (χ3v) is 6.23. The minimum absolute atomic E-state index is 0.0746. The summed E-state index contributed by atoms with van der Waals surface area (Å²) in [6, 6.07) is 0. The van der Waals surface area contributed by atoms with E-state index in [1.165, 1.54) is 0 Å². The number of halogens is 3. The van der Waals surface area contributed by atoms with Gasteiger partial charge in [-0.25, -0.2) is 8.42 Å². The molecule has 0 bridgehead atoms. The van der Waals surface area contributed by atoms with E-state index < -0.39 is 10.0 Å². The van der Waals surface area contributed by atoms with E-state index in [0.717, 1.165) is 11.3 Å². The third-order valence-electron chi connectivity index (χ3n) is 1.36. The maximum atomic E-state index is 11.7. The lowest BCUT2D eigenvalue weighted by atomic mass is 10.7. The SMILES string of the molecule is C#CCNS(=O)(=O)c1c(Cl)sc(Cl)c1Br. The molecule has 8 heteroatoms. The average Bonchev–Trinajstić information content (AvgIpc) is 2.38. The Labute approximate surface area is 110 Å². The molecule has 3 nitrogen and oxygen atoms in total. The molecule has 15 heavy (non-hydrogen) atoms. The average molecular weight is 349 g/mol. The van der Waals surface area contributed by atoms with E-state index in [4.69, 9.17) is 29.6 Å². The van der Waals surface area contributed by atoms with Crippen molar-refractivity contribution in [1.29, 1.82) is 0 Å². The van der Waals surface area contributed by atoms with E-state index in [1.54, 1.807) is 0 Å². The van der Waals surface area contributed by atoms with Gasteiger partial charge in [-0.3, -0.25) is 0 Å². The standard InChI is InChI=1S/C7H4BrCl2NO2S2/c1-2-3-11-15(12,13)5-4(8)6(9)14-7(5)10/h1,11H,3H2. The molecule has 0 saturated heterocycles. The highest BCUT2D eigenvalue weighted by molar-refractivity contribution is 9.10. The molecule has 0 saturated carbocycles. The number of rotatable bonds is 3. The molecule has 1 aromatic rings. The van der Waals surface area contributed by atoms with Gasteiger partial charge >= 0.3 is 0 Å². The first-order valence-electron chi connectivity index (χ1n) is 3.46. The summed E-state index contributed by atoms with van der Waals surface area (Å²) in [6.07, 6.45) is 4.95. The minimum Gasteiger partial charge on any atom is -0.207 e. The highest BCUT2D eigenvalue weighted by atomic mass is 79.9. The van der Waals surface area contributed by atoms with E-state index in [1.807, 2.05) is 0 Å². The lowest BCUT2D eigenvalue weighted by Gasteiger charge is -2.02. The number of terminal acetylenes is 1. The Morgan fingerprint density at radius 1 is 1.47 bits per heavy atom. The lowest BCUT2D eigenvalue weighted by molar-refractivity contribution is 0.586. The van der Waals surface area contributed by atoms with Gasteiger partial charge in [0.15, 0.2) is 0 Å². The topological polar surface area (TPSA) is 46.2 Å². The van der Waals surface area contributed by atoms with Gasteiger partial charge in [0, 0.05) is 0 Å². The van der Waals surface area contributed by atoms with Crippen LogP contribution in [0.1, 0.15) is 0 Å². The van der Waals surface area contributed by atoms with Gasteiger partial charge in [-0.1, -0.05) is 29.1 Å². The van der Waals surface area contributed by atoms with Crippen LogP contribution in [0, 0.1) is 12.3 Å². The molecule has 0 aliphatic carbocycles. The van der Waals surface area contributed by atoms with Crippen molar-refractivity contribution in [2.24, 2.45) is 0 Å². The van der Waals surface area contributed by atoms with Crippen LogP contribution >= 0.6 is 50.5 Å². The molecule has 1 N–H and O–H groups in total. The van der Waals surface area contributed by atoms with Crippen LogP contribution in [0.25, 0.3) is 0 Å². The fraction of sp³-hybridized carbons (Fsp3) is 0.143. The van der Waals surface area contributed by atoms with Gasteiger partial charge in [-0.2, -0.15) is 4.72 Å². The minimum atomic E-state index is -3.71. The molecule has 1 aromatic heterocycles. The monoisotopic (exact) mass is 347 g/mol. The molecule has 0 aliphatic heterocycles. The number of sulfonamides is 1. The molecule has 1 rings (SSSR count). The zero-order valence-corrected chi connectivity index (χ0v) is 11.8. The van der Waals surface area contributed by atoms with Crippen molar-refractivity contribution in [2.75, 3.05) is 6.54 Å². The molecular formula is C7H4BrCl2NO2S2. The highest BCUT2D eigenvalue weighted by Crippen LogP contribution is 2.42. The second kappa shape index (κ2) is 5.04. The highest BCUT2D eigenvalue weighted by Gasteiger charge is 2.25. The smallest absolute Gasteiger partial charge is 0.207 e. The molecule has 0 spiro atoms. The van der Waals surface area contributed by atoms with Crippen LogP contribution in [-0.4, -0.2) is 15.0 Å². The predicted molar refractivity (Wildman–Crippen MR) is 66.1 cm³/mol. The Bertz CT molecular complexity index is 518. The summed E-state index contributed by atoms with van der Waals surface area (Å²) in [5.74, 6) is 2.16. The Hall–Kier alpha value is 0.230. The summed E-state index contributed by atoms with van der Waals surface area (Å²) in [5, 5.41) is 0. The molecule has 0 unspecified atom stereocenters. The quantitative estimate of drug-likeness (QED) is 0.853. The molecule has 1 heterocycles. The Balaban J connectivity index is 3.22. The van der Waals surface area contributed by atoms with Crippen LogP contribution in [0.5, 0.6) is 0 Å². The molecule has 0 amide bonds.